The summed E-state index contributed by atoms with van der Waals surface area (Å²) in [5.41, 5.74) is 11.2. The lowest BCUT2D eigenvalue weighted by Crippen LogP contribution is -2.07. The van der Waals surface area contributed by atoms with Crippen molar-refractivity contribution in [3.63, 3.8) is 0 Å². The van der Waals surface area contributed by atoms with Gasteiger partial charge in [-0.15, -0.1) is 10.2 Å². The first-order valence-corrected chi connectivity index (χ1v) is 6.44. The highest BCUT2D eigenvalue weighted by Crippen LogP contribution is 2.21. The van der Waals surface area contributed by atoms with Crippen LogP contribution in [0, 0.1) is 20.2 Å². The van der Waals surface area contributed by atoms with E-state index in [0.29, 0.717) is 0 Å². The van der Waals surface area contributed by atoms with E-state index in [9.17, 15) is 20.2 Å². The van der Waals surface area contributed by atoms with E-state index in [0.717, 1.165) is 9.03 Å². The molecule has 0 radical (unpaired) electrons. The summed E-state index contributed by atoms with van der Waals surface area (Å²) in [4.78, 5) is 27.9. The average Bonchev–Trinajstić information content (AvgIpc) is 3.19. The van der Waals surface area contributed by atoms with E-state index in [4.69, 9.17) is 11.5 Å². The Labute approximate surface area is 138 Å². The van der Waals surface area contributed by atoms with Gasteiger partial charge in [-0.1, -0.05) is 0 Å². The number of hydrogen-bond donors (Lipinski definition) is 2. The van der Waals surface area contributed by atoms with Crippen LogP contribution in [0.15, 0.2) is 0 Å². The van der Waals surface area contributed by atoms with Crippen molar-refractivity contribution in [2.45, 2.75) is 0 Å². The summed E-state index contributed by atoms with van der Waals surface area (Å²) < 4.78 is 1.76. The SMILES string of the molecule is Nc1c([N+](=O)[O-])nnc2nc(-c3nc4nnc([N+](=O)[O-])c(N)n4n3)nn12. The first-order valence-electron chi connectivity index (χ1n) is 6.44. The van der Waals surface area contributed by atoms with Gasteiger partial charge >= 0.3 is 11.6 Å². The topological polar surface area (TPSA) is 250 Å². The molecule has 4 rings (SSSR count). The molecule has 4 N–H and O–H groups in total. The van der Waals surface area contributed by atoms with Crippen LogP contribution in [0.4, 0.5) is 23.3 Å². The van der Waals surface area contributed by atoms with E-state index in [1.54, 1.807) is 0 Å². The summed E-state index contributed by atoms with van der Waals surface area (Å²) in [7, 11) is 0. The van der Waals surface area contributed by atoms with Crippen LogP contribution in [0.25, 0.3) is 23.2 Å². The van der Waals surface area contributed by atoms with Gasteiger partial charge in [-0.25, -0.2) is 0 Å². The van der Waals surface area contributed by atoms with Gasteiger partial charge in [-0.05, 0) is 9.85 Å². The maximum Gasteiger partial charge on any atom is 0.433 e. The molecule has 26 heavy (non-hydrogen) atoms. The van der Waals surface area contributed by atoms with E-state index >= 15 is 0 Å². The molecule has 0 unspecified atom stereocenters. The van der Waals surface area contributed by atoms with E-state index in [-0.39, 0.29) is 23.2 Å². The Kier molecular flexibility index (Phi) is 2.83. The monoisotopic (exact) mass is 360 g/mol. The summed E-state index contributed by atoms with van der Waals surface area (Å²) in [6, 6.07) is 0. The zero-order chi connectivity index (χ0) is 18.6. The van der Waals surface area contributed by atoms with Gasteiger partial charge in [0.05, 0.1) is 10.2 Å². The Hall–Kier alpha value is -4.64. The minimum atomic E-state index is -0.832. The molecular formula is C8H4N14O4. The number of rotatable bonds is 3. The van der Waals surface area contributed by atoms with E-state index in [1.807, 2.05) is 0 Å². The molecule has 0 atom stereocenters. The third-order valence-electron chi connectivity index (χ3n) is 3.11. The summed E-state index contributed by atoms with van der Waals surface area (Å²) in [5.74, 6) is -2.79. The van der Waals surface area contributed by atoms with Crippen LogP contribution in [-0.4, -0.2) is 59.4 Å². The molecule has 130 valence electrons. The predicted molar refractivity (Wildman–Crippen MR) is 78.3 cm³/mol. The standard InChI is InChI=1S/C8H4N14O4/c9-1-5(21(23)24)13-15-7-11-3(17-19(1)7)4-12-8-16-14-6(22(25)26)2(10)20(8)18-4/h9-10H2. The Balaban J connectivity index is 1.90. The van der Waals surface area contributed by atoms with Gasteiger partial charge in [0.15, 0.2) is 0 Å². The minimum absolute atomic E-state index is 0.140. The van der Waals surface area contributed by atoms with E-state index in [2.05, 4.69) is 40.6 Å². The van der Waals surface area contributed by atoms with Crippen molar-refractivity contribution in [2.75, 3.05) is 11.5 Å². The molecule has 18 nitrogen and oxygen atoms in total. The Bertz CT molecular complexity index is 1130. The first kappa shape index (κ1) is 14.9. The van der Waals surface area contributed by atoms with Crippen molar-refractivity contribution in [3.8, 4) is 11.6 Å². The van der Waals surface area contributed by atoms with Crippen LogP contribution in [0.3, 0.4) is 0 Å². The van der Waals surface area contributed by atoms with Crippen LogP contribution >= 0.6 is 0 Å². The second kappa shape index (κ2) is 4.93. The van der Waals surface area contributed by atoms with Crippen molar-refractivity contribution in [1.29, 1.82) is 0 Å². The van der Waals surface area contributed by atoms with Gasteiger partial charge in [-0.3, -0.25) is 0 Å². The predicted octanol–water partition coefficient (Wildman–Crippen LogP) is -2.00. The van der Waals surface area contributed by atoms with Gasteiger partial charge in [0.1, 0.15) is 0 Å². The number of nitrogen functional groups attached to an aromatic ring is 2. The molecule has 0 spiro atoms. The second-order valence-electron chi connectivity index (χ2n) is 4.63. The van der Waals surface area contributed by atoms with Gasteiger partial charge in [0.25, 0.3) is 11.6 Å². The summed E-state index contributed by atoms with van der Waals surface area (Å²) in [6.07, 6.45) is 0. The molecule has 0 amide bonds. The molecule has 4 aromatic heterocycles. The van der Waals surface area contributed by atoms with Crippen molar-refractivity contribution < 1.29 is 9.85 Å². The summed E-state index contributed by atoms with van der Waals surface area (Å²) in [6.45, 7) is 0. The molecule has 18 heteroatoms. The molecule has 0 saturated heterocycles. The van der Waals surface area contributed by atoms with Crippen molar-refractivity contribution in [3.05, 3.63) is 20.2 Å². The largest absolute Gasteiger partial charge is 0.433 e. The van der Waals surface area contributed by atoms with E-state index < -0.39 is 33.1 Å². The zero-order valence-corrected chi connectivity index (χ0v) is 12.2. The Morgan fingerprint density at radius 2 is 1.12 bits per heavy atom. The molecule has 0 aliphatic carbocycles. The minimum Gasteiger partial charge on any atom is -0.376 e. The van der Waals surface area contributed by atoms with Crippen LogP contribution in [0.2, 0.25) is 0 Å². The Morgan fingerprint density at radius 1 is 0.731 bits per heavy atom. The van der Waals surface area contributed by atoms with E-state index in [1.165, 1.54) is 0 Å². The quantitative estimate of drug-likeness (QED) is 0.296. The fourth-order valence-electron chi connectivity index (χ4n) is 1.99. The molecule has 4 heterocycles. The molecule has 4 aromatic rings. The highest BCUT2D eigenvalue weighted by molar-refractivity contribution is 5.57. The summed E-state index contributed by atoms with van der Waals surface area (Å²) in [5, 5.41) is 43.3. The third-order valence-corrected chi connectivity index (χ3v) is 3.11. The average molecular weight is 360 g/mol. The van der Waals surface area contributed by atoms with Gasteiger partial charge in [0.2, 0.25) is 23.3 Å². The van der Waals surface area contributed by atoms with Gasteiger partial charge in [-0.2, -0.15) is 19.0 Å². The molecule has 0 aliphatic heterocycles. The maximum atomic E-state index is 10.8. The number of nitrogens with zero attached hydrogens (tertiary/aromatic N) is 12. The highest BCUT2D eigenvalue weighted by atomic mass is 16.6. The maximum absolute atomic E-state index is 10.8. The smallest absolute Gasteiger partial charge is 0.376 e. The van der Waals surface area contributed by atoms with Crippen molar-refractivity contribution in [1.82, 2.24) is 49.6 Å². The fraction of sp³-hybridized carbons (Fsp3) is 0. The number of aromatic nitrogens is 10. The fourth-order valence-corrected chi connectivity index (χ4v) is 1.99. The number of hydrogen-bond acceptors (Lipinski definition) is 14. The Morgan fingerprint density at radius 3 is 1.46 bits per heavy atom. The zero-order valence-electron chi connectivity index (χ0n) is 12.2. The number of nitrogens with two attached hydrogens (primary N) is 2. The molecule has 0 aromatic carbocycles. The molecule has 0 aliphatic rings. The molecule has 0 bridgehead atoms. The van der Waals surface area contributed by atoms with Gasteiger partial charge < -0.3 is 31.7 Å². The lowest BCUT2D eigenvalue weighted by Gasteiger charge is -1.95. The van der Waals surface area contributed by atoms with Crippen molar-refractivity contribution in [2.24, 2.45) is 0 Å². The summed E-state index contributed by atoms with van der Waals surface area (Å²) >= 11 is 0. The molecule has 0 fully saturated rings. The lowest BCUT2D eigenvalue weighted by molar-refractivity contribution is -0.389. The first-order chi connectivity index (χ1) is 12.4. The molecular weight excluding hydrogens is 356 g/mol. The number of nitro groups is 2. The highest BCUT2D eigenvalue weighted by Gasteiger charge is 2.25. The normalized spacial score (nSPS) is 11.2. The second-order valence-corrected chi connectivity index (χ2v) is 4.63. The van der Waals surface area contributed by atoms with Crippen LogP contribution in [0.1, 0.15) is 0 Å². The van der Waals surface area contributed by atoms with Gasteiger partial charge in [0, 0.05) is 10.2 Å². The lowest BCUT2D eigenvalue weighted by atomic mass is 10.6. The van der Waals surface area contributed by atoms with Crippen molar-refractivity contribution >= 4 is 34.8 Å². The van der Waals surface area contributed by atoms with Crippen LogP contribution < -0.4 is 11.5 Å². The number of anilines is 2. The van der Waals surface area contributed by atoms with Crippen LogP contribution in [0.5, 0.6) is 0 Å². The molecule has 0 saturated carbocycles. The number of fused-ring (bicyclic) bond motifs is 2. The van der Waals surface area contributed by atoms with Crippen LogP contribution in [-0.2, 0) is 0 Å². The third kappa shape index (κ3) is 1.98.